The van der Waals surface area contributed by atoms with Crippen LogP contribution in [0.3, 0.4) is 0 Å². The Hall–Kier alpha value is -0.440. The van der Waals surface area contributed by atoms with E-state index in [0.29, 0.717) is 5.25 Å². The summed E-state index contributed by atoms with van der Waals surface area (Å²) >= 11 is 1.49. The quantitative estimate of drug-likeness (QED) is 0.588. The van der Waals surface area contributed by atoms with Gasteiger partial charge in [-0.25, -0.2) is 0 Å². The lowest BCUT2D eigenvalue weighted by Crippen LogP contribution is -2.11. The molecule has 0 bridgehead atoms. The van der Waals surface area contributed by atoms with Crippen molar-refractivity contribution in [2.24, 2.45) is 0 Å². The molecular formula is C7H10O2S. The summed E-state index contributed by atoms with van der Waals surface area (Å²) in [5.41, 5.74) is 1.18. The molecule has 1 aliphatic heterocycles. The first-order valence-electron chi connectivity index (χ1n) is 3.18. The molecule has 56 valence electrons. The summed E-state index contributed by atoms with van der Waals surface area (Å²) in [5, 5.41) is 8.65. The van der Waals surface area contributed by atoms with Gasteiger partial charge in [-0.05, 0) is 13.8 Å². The lowest BCUT2D eigenvalue weighted by atomic mass is 10.2. The molecular weight excluding hydrogens is 148 g/mol. The van der Waals surface area contributed by atoms with E-state index in [1.165, 1.54) is 17.3 Å². The van der Waals surface area contributed by atoms with Gasteiger partial charge in [-0.1, -0.05) is 11.6 Å². The number of thioether (sulfide) groups is 1. The van der Waals surface area contributed by atoms with Gasteiger partial charge in [0.1, 0.15) is 5.25 Å². The van der Waals surface area contributed by atoms with Gasteiger partial charge in [-0.2, -0.15) is 0 Å². The van der Waals surface area contributed by atoms with Crippen LogP contribution in [0.15, 0.2) is 11.6 Å². The highest BCUT2D eigenvalue weighted by molar-refractivity contribution is 8.01. The van der Waals surface area contributed by atoms with Gasteiger partial charge in [0.15, 0.2) is 0 Å². The zero-order valence-corrected chi connectivity index (χ0v) is 6.81. The molecule has 0 spiro atoms. The van der Waals surface area contributed by atoms with Crippen LogP contribution in [-0.2, 0) is 4.79 Å². The average molecular weight is 158 g/mol. The Labute approximate surface area is 64.3 Å². The van der Waals surface area contributed by atoms with Gasteiger partial charge in [0.2, 0.25) is 0 Å². The largest absolute Gasteiger partial charge is 0.480 e. The number of rotatable bonds is 1. The molecule has 0 radical (unpaired) electrons. The first-order valence-corrected chi connectivity index (χ1v) is 4.12. The van der Waals surface area contributed by atoms with Gasteiger partial charge in [0.05, 0.1) is 0 Å². The number of aliphatic carboxylic acids is 1. The molecule has 10 heavy (non-hydrogen) atoms. The zero-order valence-electron chi connectivity index (χ0n) is 6.00. The van der Waals surface area contributed by atoms with Crippen LogP contribution in [0.4, 0.5) is 0 Å². The van der Waals surface area contributed by atoms with Gasteiger partial charge in [-0.3, -0.25) is 4.79 Å². The molecule has 2 unspecified atom stereocenters. The molecule has 0 amide bonds. The number of carboxylic acid groups (broad SMARTS) is 1. The Morgan fingerprint density at radius 2 is 2.40 bits per heavy atom. The second kappa shape index (κ2) is 2.66. The van der Waals surface area contributed by atoms with Gasteiger partial charge in [0, 0.05) is 5.25 Å². The van der Waals surface area contributed by atoms with Crippen molar-refractivity contribution in [1.82, 2.24) is 0 Å². The van der Waals surface area contributed by atoms with Crippen molar-refractivity contribution < 1.29 is 9.90 Å². The summed E-state index contributed by atoms with van der Waals surface area (Å²) in [4.78, 5) is 10.4. The molecule has 2 atom stereocenters. The lowest BCUT2D eigenvalue weighted by molar-refractivity contribution is -0.135. The average Bonchev–Trinajstić information content (AvgIpc) is 2.13. The van der Waals surface area contributed by atoms with Crippen LogP contribution in [0, 0.1) is 0 Å². The molecule has 1 N–H and O–H groups in total. The van der Waals surface area contributed by atoms with Crippen molar-refractivity contribution in [3.8, 4) is 0 Å². The Bertz CT molecular complexity index is 186. The van der Waals surface area contributed by atoms with Crippen molar-refractivity contribution in [1.29, 1.82) is 0 Å². The van der Waals surface area contributed by atoms with Gasteiger partial charge in [0.25, 0.3) is 0 Å². The predicted octanol–water partition coefficient (Wildman–Crippen LogP) is 1.52. The Morgan fingerprint density at radius 3 is 2.60 bits per heavy atom. The highest BCUT2D eigenvalue weighted by Crippen LogP contribution is 2.32. The third kappa shape index (κ3) is 1.34. The fraction of sp³-hybridized carbons (Fsp3) is 0.571. The molecule has 3 heteroatoms. The first-order chi connectivity index (χ1) is 4.61. The SMILES string of the molecule is CC1=CC(C(=O)O)SC1C. The number of hydrogen-bond donors (Lipinski definition) is 1. The van der Waals surface area contributed by atoms with Crippen molar-refractivity contribution in [3.05, 3.63) is 11.6 Å². The molecule has 0 aliphatic carbocycles. The monoisotopic (exact) mass is 158 g/mol. The maximum absolute atomic E-state index is 10.4. The van der Waals surface area contributed by atoms with Crippen molar-refractivity contribution >= 4 is 17.7 Å². The summed E-state index contributed by atoms with van der Waals surface area (Å²) in [7, 11) is 0. The van der Waals surface area contributed by atoms with E-state index < -0.39 is 5.97 Å². The van der Waals surface area contributed by atoms with Crippen molar-refractivity contribution in [2.45, 2.75) is 24.3 Å². The van der Waals surface area contributed by atoms with E-state index in [1.807, 2.05) is 19.9 Å². The number of carbonyl (C=O) groups is 1. The van der Waals surface area contributed by atoms with Crippen LogP contribution in [-0.4, -0.2) is 21.6 Å². The molecule has 1 rings (SSSR count). The van der Waals surface area contributed by atoms with Crippen LogP contribution in [0.2, 0.25) is 0 Å². The standard InChI is InChI=1S/C7H10O2S/c1-4-3-6(7(8)9)10-5(4)2/h3,5-6H,1-2H3,(H,8,9). The minimum absolute atomic E-state index is 0.310. The predicted molar refractivity (Wildman–Crippen MR) is 42.2 cm³/mol. The van der Waals surface area contributed by atoms with Crippen LogP contribution < -0.4 is 0 Å². The fourth-order valence-electron chi connectivity index (χ4n) is 0.870. The molecule has 2 nitrogen and oxygen atoms in total. The van der Waals surface area contributed by atoms with E-state index in [0.717, 1.165) is 0 Å². The van der Waals surface area contributed by atoms with Gasteiger partial charge < -0.3 is 5.11 Å². The third-order valence-electron chi connectivity index (χ3n) is 1.65. The van der Waals surface area contributed by atoms with E-state index in [-0.39, 0.29) is 5.25 Å². The highest BCUT2D eigenvalue weighted by Gasteiger charge is 2.25. The summed E-state index contributed by atoms with van der Waals surface area (Å²) < 4.78 is 0. The Balaban J connectivity index is 2.65. The summed E-state index contributed by atoms with van der Waals surface area (Å²) in [5.74, 6) is -0.728. The lowest BCUT2D eigenvalue weighted by Gasteiger charge is -2.02. The summed E-state index contributed by atoms with van der Waals surface area (Å²) in [6.07, 6.45) is 1.82. The van der Waals surface area contributed by atoms with E-state index >= 15 is 0 Å². The molecule has 0 fully saturated rings. The van der Waals surface area contributed by atoms with E-state index in [4.69, 9.17) is 5.11 Å². The van der Waals surface area contributed by atoms with E-state index in [1.54, 1.807) is 0 Å². The van der Waals surface area contributed by atoms with E-state index in [2.05, 4.69) is 0 Å². The topological polar surface area (TPSA) is 37.3 Å². The van der Waals surface area contributed by atoms with Crippen LogP contribution in [0.1, 0.15) is 13.8 Å². The molecule has 1 aliphatic rings. The van der Waals surface area contributed by atoms with Gasteiger partial charge in [-0.15, -0.1) is 11.8 Å². The van der Waals surface area contributed by atoms with Crippen LogP contribution in [0.25, 0.3) is 0 Å². The van der Waals surface area contributed by atoms with Crippen molar-refractivity contribution in [3.63, 3.8) is 0 Å². The van der Waals surface area contributed by atoms with Crippen LogP contribution >= 0.6 is 11.8 Å². The molecule has 0 aromatic heterocycles. The minimum atomic E-state index is -0.728. The second-order valence-electron chi connectivity index (χ2n) is 2.45. The molecule has 0 aromatic rings. The van der Waals surface area contributed by atoms with E-state index in [9.17, 15) is 4.79 Å². The molecule has 0 aromatic carbocycles. The molecule has 0 saturated heterocycles. The Kier molecular flexibility index (Phi) is 2.04. The highest BCUT2D eigenvalue weighted by atomic mass is 32.2. The number of carboxylic acids is 1. The summed E-state index contributed by atoms with van der Waals surface area (Å²) in [6, 6.07) is 0. The molecule has 1 heterocycles. The molecule has 0 saturated carbocycles. The van der Waals surface area contributed by atoms with Crippen molar-refractivity contribution in [2.75, 3.05) is 0 Å². The maximum Gasteiger partial charge on any atom is 0.320 e. The smallest absolute Gasteiger partial charge is 0.320 e. The third-order valence-corrected chi connectivity index (χ3v) is 3.06. The normalized spacial score (nSPS) is 32.0. The fourth-order valence-corrected chi connectivity index (χ4v) is 2.01. The first kappa shape index (κ1) is 7.66. The second-order valence-corrected chi connectivity index (χ2v) is 3.93. The number of hydrogen-bond acceptors (Lipinski definition) is 2. The summed E-state index contributed by atoms with van der Waals surface area (Å²) in [6.45, 7) is 4.00. The zero-order chi connectivity index (χ0) is 7.72. The Morgan fingerprint density at radius 1 is 1.80 bits per heavy atom. The maximum atomic E-state index is 10.4. The van der Waals surface area contributed by atoms with Gasteiger partial charge >= 0.3 is 5.97 Å². The minimum Gasteiger partial charge on any atom is -0.480 e. The van der Waals surface area contributed by atoms with Crippen LogP contribution in [0.5, 0.6) is 0 Å².